The van der Waals surface area contributed by atoms with Crippen molar-refractivity contribution in [3.63, 3.8) is 0 Å². The Morgan fingerprint density at radius 2 is 2.19 bits per heavy atom. The van der Waals surface area contributed by atoms with Crippen LogP contribution in [-0.2, 0) is 10.0 Å². The molecule has 0 aliphatic carbocycles. The third-order valence-corrected chi connectivity index (χ3v) is 4.43. The summed E-state index contributed by atoms with van der Waals surface area (Å²) in [5.74, 6) is 0.133. The van der Waals surface area contributed by atoms with Crippen LogP contribution in [0.4, 0.5) is 0 Å². The van der Waals surface area contributed by atoms with Gasteiger partial charge in [0.15, 0.2) is 5.78 Å². The number of hydrogen-bond donors (Lipinski definition) is 2. The van der Waals surface area contributed by atoms with E-state index in [0.29, 0.717) is 12.0 Å². The van der Waals surface area contributed by atoms with E-state index in [1.807, 2.05) is 13.8 Å². The fourth-order valence-electron chi connectivity index (χ4n) is 1.14. The minimum Gasteiger partial charge on any atom is -0.302 e. The van der Waals surface area contributed by atoms with Gasteiger partial charge in [-0.15, -0.1) is 11.3 Å². The smallest absolute Gasteiger partial charge is 0.271 e. The summed E-state index contributed by atoms with van der Waals surface area (Å²) in [7, 11) is -3.87. The molecule has 90 valence electrons. The highest BCUT2D eigenvalue weighted by Crippen LogP contribution is 2.21. The summed E-state index contributed by atoms with van der Waals surface area (Å²) >= 11 is 0.905. The van der Waals surface area contributed by atoms with Crippen molar-refractivity contribution in [3.05, 3.63) is 17.0 Å². The SMILES string of the molecule is CC(C)CC(=O)c1csc(S(=O)(=O)NO)c1. The Morgan fingerprint density at radius 3 is 2.69 bits per heavy atom. The van der Waals surface area contributed by atoms with Crippen LogP contribution in [0.5, 0.6) is 0 Å². The van der Waals surface area contributed by atoms with Crippen LogP contribution in [0.2, 0.25) is 0 Å². The van der Waals surface area contributed by atoms with Gasteiger partial charge >= 0.3 is 0 Å². The molecule has 0 fully saturated rings. The van der Waals surface area contributed by atoms with Crippen LogP contribution in [0, 0.1) is 5.92 Å². The van der Waals surface area contributed by atoms with Crippen molar-refractivity contribution in [1.29, 1.82) is 0 Å². The summed E-state index contributed by atoms with van der Waals surface area (Å²) in [6.07, 6.45) is 0.378. The van der Waals surface area contributed by atoms with Crippen LogP contribution in [0.25, 0.3) is 0 Å². The Kier molecular flexibility index (Phi) is 4.20. The van der Waals surface area contributed by atoms with Crippen LogP contribution in [0.3, 0.4) is 0 Å². The third kappa shape index (κ3) is 3.11. The van der Waals surface area contributed by atoms with Crippen molar-refractivity contribution in [2.24, 2.45) is 5.92 Å². The van der Waals surface area contributed by atoms with Crippen LogP contribution in [-0.4, -0.2) is 19.4 Å². The van der Waals surface area contributed by atoms with Crippen molar-refractivity contribution in [2.75, 3.05) is 0 Å². The highest BCUT2D eigenvalue weighted by Gasteiger charge is 2.18. The molecular weight excluding hydrogens is 250 g/mol. The van der Waals surface area contributed by atoms with Gasteiger partial charge in [-0.25, -0.2) is 8.42 Å². The topological polar surface area (TPSA) is 83.5 Å². The van der Waals surface area contributed by atoms with E-state index in [0.717, 1.165) is 11.3 Å². The molecule has 0 saturated carbocycles. The van der Waals surface area contributed by atoms with Crippen molar-refractivity contribution < 1.29 is 18.4 Å². The maximum atomic E-state index is 11.6. The van der Waals surface area contributed by atoms with E-state index in [9.17, 15) is 13.2 Å². The summed E-state index contributed by atoms with van der Waals surface area (Å²) in [4.78, 5) is 12.8. The van der Waals surface area contributed by atoms with Gasteiger partial charge in [0.1, 0.15) is 4.21 Å². The first-order valence-corrected chi connectivity index (χ1v) is 7.00. The molecule has 0 radical (unpaired) electrons. The van der Waals surface area contributed by atoms with E-state index in [-0.39, 0.29) is 15.9 Å². The molecule has 1 aromatic rings. The van der Waals surface area contributed by atoms with Gasteiger partial charge in [0, 0.05) is 17.4 Å². The number of hydrogen-bond acceptors (Lipinski definition) is 5. The summed E-state index contributed by atoms with van der Waals surface area (Å²) in [5, 5.41) is 9.91. The summed E-state index contributed by atoms with van der Waals surface area (Å²) < 4.78 is 22.3. The predicted molar refractivity (Wildman–Crippen MR) is 60.2 cm³/mol. The molecule has 5 nitrogen and oxygen atoms in total. The number of ketones is 1. The lowest BCUT2D eigenvalue weighted by Crippen LogP contribution is -2.18. The van der Waals surface area contributed by atoms with E-state index in [2.05, 4.69) is 0 Å². The van der Waals surface area contributed by atoms with Gasteiger partial charge in [0.05, 0.1) is 0 Å². The monoisotopic (exact) mass is 263 g/mol. The largest absolute Gasteiger partial charge is 0.302 e. The lowest BCUT2D eigenvalue weighted by atomic mass is 10.0. The molecule has 0 aromatic carbocycles. The minimum absolute atomic E-state index is 0.0675. The van der Waals surface area contributed by atoms with E-state index in [4.69, 9.17) is 5.21 Å². The molecule has 1 heterocycles. The molecule has 0 spiro atoms. The third-order valence-electron chi connectivity index (χ3n) is 1.88. The molecule has 1 rings (SSSR count). The highest BCUT2D eigenvalue weighted by atomic mass is 32.2. The average Bonchev–Trinajstić information content (AvgIpc) is 2.66. The molecule has 16 heavy (non-hydrogen) atoms. The zero-order valence-corrected chi connectivity index (χ0v) is 10.6. The van der Waals surface area contributed by atoms with E-state index >= 15 is 0 Å². The molecule has 0 amide bonds. The second-order valence-electron chi connectivity index (χ2n) is 3.77. The Labute approximate surface area is 98.1 Å². The summed E-state index contributed by atoms with van der Waals surface area (Å²) in [5.41, 5.74) is 0.368. The molecule has 0 aliphatic rings. The van der Waals surface area contributed by atoms with Crippen LogP contribution in [0.15, 0.2) is 15.7 Å². The lowest BCUT2D eigenvalue weighted by molar-refractivity contribution is 0.0968. The van der Waals surface area contributed by atoms with Crippen LogP contribution >= 0.6 is 11.3 Å². The second kappa shape index (κ2) is 5.05. The van der Waals surface area contributed by atoms with Crippen LogP contribution < -0.4 is 4.89 Å². The Bertz CT molecular complexity index is 475. The highest BCUT2D eigenvalue weighted by molar-refractivity contribution is 7.91. The number of nitrogens with one attached hydrogen (secondary N) is 1. The number of carbonyl (C=O) groups excluding carboxylic acids is 1. The van der Waals surface area contributed by atoms with E-state index < -0.39 is 10.0 Å². The van der Waals surface area contributed by atoms with Gasteiger partial charge in [-0.05, 0) is 12.0 Å². The van der Waals surface area contributed by atoms with E-state index in [1.54, 1.807) is 0 Å². The van der Waals surface area contributed by atoms with Gasteiger partial charge in [-0.1, -0.05) is 18.7 Å². The van der Waals surface area contributed by atoms with Gasteiger partial charge in [-0.3, -0.25) is 4.79 Å². The molecule has 0 unspecified atom stereocenters. The average molecular weight is 263 g/mol. The molecule has 2 N–H and O–H groups in total. The predicted octanol–water partition coefficient (Wildman–Crippen LogP) is 1.64. The zero-order chi connectivity index (χ0) is 12.3. The Balaban J connectivity index is 2.92. The summed E-state index contributed by atoms with van der Waals surface area (Å²) in [6, 6.07) is 1.27. The molecule has 7 heteroatoms. The normalized spacial score (nSPS) is 12.0. The Morgan fingerprint density at radius 1 is 1.56 bits per heavy atom. The molecule has 0 bridgehead atoms. The first-order chi connectivity index (χ1) is 7.36. The number of carbonyl (C=O) groups is 1. The fourth-order valence-corrected chi connectivity index (χ4v) is 2.91. The zero-order valence-electron chi connectivity index (χ0n) is 8.93. The molecule has 0 aliphatic heterocycles. The van der Waals surface area contributed by atoms with Crippen LogP contribution in [0.1, 0.15) is 30.6 Å². The number of thiophene rings is 1. The molecular formula is C9H13NO4S2. The van der Waals surface area contributed by atoms with Gasteiger partial charge in [0.2, 0.25) is 0 Å². The molecule has 0 atom stereocenters. The quantitative estimate of drug-likeness (QED) is 0.625. The molecule has 0 saturated heterocycles. The maximum absolute atomic E-state index is 11.6. The maximum Gasteiger partial charge on any atom is 0.271 e. The van der Waals surface area contributed by atoms with Crippen molar-refractivity contribution in [2.45, 2.75) is 24.5 Å². The first kappa shape index (κ1) is 13.3. The molecule has 1 aromatic heterocycles. The van der Waals surface area contributed by atoms with Crippen molar-refractivity contribution in [3.8, 4) is 0 Å². The van der Waals surface area contributed by atoms with Gasteiger partial charge in [-0.2, -0.15) is 0 Å². The second-order valence-corrected chi connectivity index (χ2v) is 6.57. The van der Waals surface area contributed by atoms with Crippen molar-refractivity contribution in [1.82, 2.24) is 4.89 Å². The first-order valence-electron chi connectivity index (χ1n) is 4.64. The standard InChI is InChI=1S/C9H13NO4S2/c1-6(2)3-8(11)7-4-9(15-5-7)16(13,14)10-12/h4-6,10,12H,3H2,1-2H3. The Hall–Kier alpha value is -0.760. The lowest BCUT2D eigenvalue weighted by Gasteiger charge is -2.00. The number of rotatable bonds is 5. The van der Waals surface area contributed by atoms with E-state index in [1.165, 1.54) is 16.3 Å². The van der Waals surface area contributed by atoms with Gasteiger partial charge < -0.3 is 5.21 Å². The number of sulfonamides is 1. The minimum atomic E-state index is -3.87. The van der Waals surface area contributed by atoms with Gasteiger partial charge in [0.25, 0.3) is 10.0 Å². The van der Waals surface area contributed by atoms with Crippen molar-refractivity contribution >= 4 is 27.1 Å². The fraction of sp³-hybridized carbons (Fsp3) is 0.444. The number of Topliss-reactive ketones (excluding diaryl/α,β-unsaturated/α-hetero) is 1. The summed E-state index contributed by atoms with van der Waals surface area (Å²) in [6.45, 7) is 3.83.